The Morgan fingerprint density at radius 3 is 1.79 bits per heavy atom. The van der Waals surface area contributed by atoms with Gasteiger partial charge in [-0.2, -0.15) is 0 Å². The second kappa shape index (κ2) is 12.3. The summed E-state index contributed by atoms with van der Waals surface area (Å²) in [5.74, 6) is 0.678. The van der Waals surface area contributed by atoms with Gasteiger partial charge in [-0.05, 0) is 155 Å². The van der Waals surface area contributed by atoms with Gasteiger partial charge >= 0.3 is 0 Å². The molecule has 278 valence electrons. The third-order valence-corrected chi connectivity index (χ3v) is 14.7. The van der Waals surface area contributed by atoms with E-state index in [1.54, 1.807) is 0 Å². The van der Waals surface area contributed by atoms with Gasteiger partial charge in [0.1, 0.15) is 0 Å². The van der Waals surface area contributed by atoms with Gasteiger partial charge in [-0.25, -0.2) is 0 Å². The van der Waals surface area contributed by atoms with Crippen LogP contribution < -0.4 is 4.90 Å². The van der Waals surface area contributed by atoms with Crippen molar-refractivity contribution in [2.24, 2.45) is 5.92 Å². The van der Waals surface area contributed by atoms with E-state index in [0.29, 0.717) is 5.92 Å². The molecule has 3 unspecified atom stereocenters. The first kappa shape index (κ1) is 33.7. The van der Waals surface area contributed by atoms with Gasteiger partial charge in [0.15, 0.2) is 0 Å². The van der Waals surface area contributed by atoms with Gasteiger partial charge in [0.25, 0.3) is 0 Å². The van der Waals surface area contributed by atoms with Crippen LogP contribution in [0.2, 0.25) is 0 Å². The van der Waals surface area contributed by atoms with Crippen molar-refractivity contribution in [3.63, 3.8) is 0 Å². The number of para-hydroxylation sites is 1. The summed E-state index contributed by atoms with van der Waals surface area (Å²) >= 11 is 0. The Morgan fingerprint density at radius 1 is 0.466 bits per heavy atom. The Labute approximate surface area is 340 Å². The minimum atomic E-state index is -0.0260. The van der Waals surface area contributed by atoms with Crippen LogP contribution in [0.5, 0.6) is 0 Å². The molecule has 1 nitrogen and oxygen atoms in total. The number of benzene rings is 10. The average molecular weight is 744 g/mol. The SMILES string of the molecule is CC1CCC2(C)c3cc(-c4cc(-c5cccc6ccccc56)c5ccc6ccc(-c7cccc8ccccc78)c7ccc4c5c67)ccc3N(c3ccccc3)C2(C)C1. The van der Waals surface area contributed by atoms with E-state index in [1.165, 1.54) is 123 Å². The van der Waals surface area contributed by atoms with Crippen molar-refractivity contribution in [2.75, 3.05) is 4.90 Å². The van der Waals surface area contributed by atoms with Crippen molar-refractivity contribution in [1.29, 1.82) is 0 Å². The Bertz CT molecular complexity index is 3260. The predicted octanol–water partition coefficient (Wildman–Crippen LogP) is 15.9. The van der Waals surface area contributed by atoms with E-state index in [0.717, 1.165) is 0 Å². The number of hydrogen-bond acceptors (Lipinski definition) is 1. The van der Waals surface area contributed by atoms with Crippen LogP contribution in [0.4, 0.5) is 11.4 Å². The molecule has 1 aliphatic heterocycles. The Balaban J connectivity index is 1.17. The highest BCUT2D eigenvalue weighted by atomic mass is 15.3. The van der Waals surface area contributed by atoms with Crippen molar-refractivity contribution in [1.82, 2.24) is 0 Å². The number of hydrogen-bond donors (Lipinski definition) is 0. The van der Waals surface area contributed by atoms with Crippen molar-refractivity contribution in [3.8, 4) is 33.4 Å². The van der Waals surface area contributed by atoms with Crippen LogP contribution in [0.3, 0.4) is 0 Å². The van der Waals surface area contributed by atoms with Crippen molar-refractivity contribution >= 4 is 65.2 Å². The van der Waals surface area contributed by atoms with Crippen LogP contribution >= 0.6 is 0 Å². The smallest absolute Gasteiger partial charge is 0.0520 e. The lowest BCUT2D eigenvalue weighted by molar-refractivity contribution is 0.154. The van der Waals surface area contributed by atoms with E-state index < -0.39 is 0 Å². The largest absolute Gasteiger partial charge is 0.334 e. The molecule has 58 heavy (non-hydrogen) atoms. The number of fused-ring (bicyclic) bond motifs is 5. The molecular formula is C57H45N. The first-order valence-corrected chi connectivity index (χ1v) is 21.1. The third-order valence-electron chi connectivity index (χ3n) is 14.7. The molecule has 3 atom stereocenters. The van der Waals surface area contributed by atoms with E-state index in [9.17, 15) is 0 Å². The minimum Gasteiger partial charge on any atom is -0.334 e. The standard InChI is InChI=1S/C57H45N/c1-36-31-32-56(2)52-33-40(25-30-53(52)58(57(56,3)35-36)41-17-5-4-6-18-41)50-34-51(45-22-12-16-38-14-8-10-20-43(38)45)49-27-24-39-23-26-46(47-28-29-48(50)55(49)54(39)47)44-21-11-15-37-13-7-9-19-42(37)44/h4-30,33-34,36H,31-32,35H2,1-3H3. The van der Waals surface area contributed by atoms with E-state index in [2.05, 4.69) is 202 Å². The summed E-state index contributed by atoms with van der Waals surface area (Å²) in [5.41, 5.74) is 11.9. The Morgan fingerprint density at radius 2 is 1.05 bits per heavy atom. The van der Waals surface area contributed by atoms with Gasteiger partial charge in [0, 0.05) is 16.8 Å². The highest BCUT2D eigenvalue weighted by Crippen LogP contribution is 2.62. The highest BCUT2D eigenvalue weighted by molar-refractivity contribution is 6.31. The van der Waals surface area contributed by atoms with Crippen LogP contribution in [0.25, 0.3) is 87.2 Å². The molecule has 10 aromatic carbocycles. The lowest BCUT2D eigenvalue weighted by Gasteiger charge is -2.52. The molecule has 10 aromatic rings. The van der Waals surface area contributed by atoms with Crippen LogP contribution in [0, 0.1) is 5.92 Å². The minimum absolute atomic E-state index is 0.0102. The fourth-order valence-corrected chi connectivity index (χ4v) is 11.7. The molecule has 0 amide bonds. The average Bonchev–Trinajstić information content (AvgIpc) is 3.47. The second-order valence-electron chi connectivity index (χ2n) is 17.7. The van der Waals surface area contributed by atoms with Gasteiger partial charge in [-0.1, -0.05) is 159 Å². The summed E-state index contributed by atoms with van der Waals surface area (Å²) in [6.07, 6.45) is 3.61. The molecule has 12 rings (SSSR count). The van der Waals surface area contributed by atoms with E-state index >= 15 is 0 Å². The van der Waals surface area contributed by atoms with Crippen LogP contribution in [-0.4, -0.2) is 5.54 Å². The molecule has 1 heteroatoms. The Hall–Kier alpha value is -6.44. The van der Waals surface area contributed by atoms with E-state index in [1.807, 2.05) is 0 Å². The Kier molecular flexibility index (Phi) is 7.13. The number of rotatable bonds is 4. The molecule has 0 bridgehead atoms. The predicted molar refractivity (Wildman–Crippen MR) is 249 cm³/mol. The summed E-state index contributed by atoms with van der Waals surface area (Å²) in [6, 6.07) is 66.6. The highest BCUT2D eigenvalue weighted by Gasteiger charge is 2.58. The molecule has 2 aliphatic rings. The molecule has 1 heterocycles. The quantitative estimate of drug-likeness (QED) is 0.162. The fraction of sp³-hybridized carbons (Fsp3) is 0.158. The first-order valence-electron chi connectivity index (χ1n) is 21.1. The molecule has 0 saturated heterocycles. The van der Waals surface area contributed by atoms with Crippen LogP contribution in [0.15, 0.2) is 176 Å². The summed E-state index contributed by atoms with van der Waals surface area (Å²) in [6.45, 7) is 7.55. The van der Waals surface area contributed by atoms with E-state index in [4.69, 9.17) is 0 Å². The molecule has 1 saturated carbocycles. The summed E-state index contributed by atoms with van der Waals surface area (Å²) in [4.78, 5) is 2.70. The summed E-state index contributed by atoms with van der Waals surface area (Å²) in [7, 11) is 0. The van der Waals surface area contributed by atoms with Crippen molar-refractivity contribution < 1.29 is 0 Å². The summed E-state index contributed by atoms with van der Waals surface area (Å²) < 4.78 is 0. The maximum atomic E-state index is 2.70. The molecule has 1 fully saturated rings. The van der Waals surface area contributed by atoms with E-state index in [-0.39, 0.29) is 11.0 Å². The van der Waals surface area contributed by atoms with Crippen LogP contribution in [-0.2, 0) is 5.41 Å². The molecule has 1 aliphatic carbocycles. The second-order valence-corrected chi connectivity index (χ2v) is 17.7. The van der Waals surface area contributed by atoms with Crippen molar-refractivity contribution in [2.45, 2.75) is 51.0 Å². The van der Waals surface area contributed by atoms with Crippen LogP contribution in [0.1, 0.15) is 45.6 Å². The zero-order valence-electron chi connectivity index (χ0n) is 33.4. The van der Waals surface area contributed by atoms with Gasteiger partial charge in [0.05, 0.1) is 5.54 Å². The van der Waals surface area contributed by atoms with Gasteiger partial charge in [0.2, 0.25) is 0 Å². The van der Waals surface area contributed by atoms with Crippen molar-refractivity contribution in [3.05, 3.63) is 181 Å². The fourth-order valence-electron chi connectivity index (χ4n) is 11.7. The lowest BCUT2D eigenvalue weighted by atomic mass is 9.59. The summed E-state index contributed by atoms with van der Waals surface area (Å²) in [5, 5.41) is 13.0. The molecule has 0 spiro atoms. The maximum Gasteiger partial charge on any atom is 0.0520 e. The maximum absolute atomic E-state index is 2.70. The zero-order valence-corrected chi connectivity index (χ0v) is 33.4. The zero-order chi connectivity index (χ0) is 38.8. The molecule has 0 N–H and O–H groups in total. The molecule has 0 radical (unpaired) electrons. The monoisotopic (exact) mass is 743 g/mol. The van der Waals surface area contributed by atoms with Gasteiger partial charge in [-0.3, -0.25) is 0 Å². The lowest BCUT2D eigenvalue weighted by Crippen LogP contribution is -2.56. The van der Waals surface area contributed by atoms with Gasteiger partial charge in [-0.15, -0.1) is 0 Å². The van der Waals surface area contributed by atoms with Gasteiger partial charge < -0.3 is 4.90 Å². The number of nitrogens with zero attached hydrogens (tertiary/aromatic N) is 1. The molecule has 0 aromatic heterocycles. The third kappa shape index (κ3) is 4.59. The topological polar surface area (TPSA) is 3.24 Å². The number of anilines is 2. The first-order chi connectivity index (χ1) is 28.4. The molecular weight excluding hydrogens is 699 g/mol. The normalized spacial score (nSPS) is 20.4.